The molecule has 0 saturated heterocycles. The first kappa shape index (κ1) is 13.5. The largest absolute Gasteiger partial charge is 0.344 e. The number of nitrogens with two attached hydrogens (primary N) is 1. The van der Waals surface area contributed by atoms with E-state index in [2.05, 4.69) is 10.3 Å². The Morgan fingerprint density at radius 2 is 2.40 bits per heavy atom. The second-order valence-corrected chi connectivity index (χ2v) is 6.12. The van der Waals surface area contributed by atoms with E-state index >= 15 is 0 Å². The summed E-state index contributed by atoms with van der Waals surface area (Å²) >= 11 is 7.39. The van der Waals surface area contributed by atoms with E-state index in [1.54, 1.807) is 5.38 Å². The van der Waals surface area contributed by atoms with Crippen molar-refractivity contribution in [1.82, 2.24) is 10.3 Å². The van der Waals surface area contributed by atoms with Gasteiger partial charge in [-0.25, -0.2) is 4.98 Å². The van der Waals surface area contributed by atoms with Crippen LogP contribution in [-0.4, -0.2) is 10.9 Å². The number of nitrogens with one attached hydrogen (secondary N) is 1. The van der Waals surface area contributed by atoms with Gasteiger partial charge in [-0.2, -0.15) is 0 Å². The van der Waals surface area contributed by atoms with Crippen LogP contribution in [0.5, 0.6) is 0 Å². The maximum Gasteiger partial charge on any atom is 0.271 e. The molecular weight excluding hydrogens is 294 g/mol. The lowest BCUT2D eigenvalue weighted by Gasteiger charge is -2.13. The summed E-state index contributed by atoms with van der Waals surface area (Å²) in [6, 6.07) is 5.86. The number of fused-ring (bicyclic) bond motifs is 1. The van der Waals surface area contributed by atoms with Crippen LogP contribution in [0.25, 0.3) is 0 Å². The summed E-state index contributed by atoms with van der Waals surface area (Å²) in [6.45, 7) is 0.364. The highest BCUT2D eigenvalue weighted by Gasteiger charge is 2.25. The number of nitrogens with zero attached hydrogens (tertiary/aromatic N) is 1. The van der Waals surface area contributed by atoms with E-state index < -0.39 is 0 Å². The fraction of sp³-hybridized carbons (Fsp3) is 0.286. The zero-order valence-electron chi connectivity index (χ0n) is 10.7. The highest BCUT2D eigenvalue weighted by molar-refractivity contribution is 7.09. The number of benzene rings is 1. The molecule has 1 aliphatic rings. The molecular formula is C14H14ClN3OS. The predicted molar refractivity (Wildman–Crippen MR) is 80.0 cm³/mol. The molecule has 0 bridgehead atoms. The molecule has 0 spiro atoms. The molecule has 0 saturated carbocycles. The molecule has 1 atom stereocenters. The molecule has 3 N–H and O–H groups in total. The van der Waals surface area contributed by atoms with Crippen molar-refractivity contribution < 1.29 is 4.79 Å². The summed E-state index contributed by atoms with van der Waals surface area (Å²) < 4.78 is 0. The van der Waals surface area contributed by atoms with Crippen molar-refractivity contribution in [3.05, 3.63) is 50.4 Å². The molecule has 0 radical (unpaired) electrons. The molecule has 0 aliphatic heterocycles. The van der Waals surface area contributed by atoms with Crippen LogP contribution in [0, 0.1) is 0 Å². The first-order chi connectivity index (χ1) is 9.67. The molecule has 1 amide bonds. The highest BCUT2D eigenvalue weighted by Crippen LogP contribution is 2.33. The molecule has 1 aromatic heterocycles. The van der Waals surface area contributed by atoms with E-state index in [1.807, 2.05) is 18.2 Å². The third kappa shape index (κ3) is 2.57. The Hall–Kier alpha value is -1.43. The van der Waals surface area contributed by atoms with Crippen molar-refractivity contribution in [3.8, 4) is 0 Å². The number of thiazole rings is 1. The van der Waals surface area contributed by atoms with Gasteiger partial charge in [0, 0.05) is 16.9 Å². The molecule has 1 aliphatic carbocycles. The number of aryl methyl sites for hydroxylation is 1. The first-order valence-corrected chi connectivity index (χ1v) is 7.67. The zero-order chi connectivity index (χ0) is 14.1. The summed E-state index contributed by atoms with van der Waals surface area (Å²) in [6.07, 6.45) is 1.83. The lowest BCUT2D eigenvalue weighted by molar-refractivity contribution is 0.0932. The van der Waals surface area contributed by atoms with Gasteiger partial charge in [-0.1, -0.05) is 17.7 Å². The van der Waals surface area contributed by atoms with Gasteiger partial charge in [-0.15, -0.1) is 11.3 Å². The molecule has 1 unspecified atom stereocenters. The van der Waals surface area contributed by atoms with Gasteiger partial charge in [0.1, 0.15) is 10.7 Å². The van der Waals surface area contributed by atoms with Gasteiger partial charge in [0.05, 0.1) is 6.04 Å². The Kier molecular flexibility index (Phi) is 3.74. The van der Waals surface area contributed by atoms with Crippen LogP contribution in [0.2, 0.25) is 5.02 Å². The van der Waals surface area contributed by atoms with Crippen LogP contribution in [-0.2, 0) is 13.0 Å². The maximum absolute atomic E-state index is 12.2. The Bertz CT molecular complexity index is 656. The second kappa shape index (κ2) is 5.52. The van der Waals surface area contributed by atoms with E-state index in [0.29, 0.717) is 12.2 Å². The molecule has 3 rings (SSSR count). The molecule has 0 fully saturated rings. The van der Waals surface area contributed by atoms with Crippen LogP contribution in [0.3, 0.4) is 0 Å². The van der Waals surface area contributed by atoms with E-state index in [1.165, 1.54) is 16.9 Å². The monoisotopic (exact) mass is 307 g/mol. The summed E-state index contributed by atoms with van der Waals surface area (Å²) in [4.78, 5) is 16.4. The normalized spacial score (nSPS) is 17.0. The second-order valence-electron chi connectivity index (χ2n) is 4.74. The number of carbonyl (C=O) groups is 1. The lowest BCUT2D eigenvalue weighted by Crippen LogP contribution is -2.27. The van der Waals surface area contributed by atoms with Crippen molar-refractivity contribution in [1.29, 1.82) is 0 Å². The smallest absolute Gasteiger partial charge is 0.271 e. The van der Waals surface area contributed by atoms with Crippen LogP contribution < -0.4 is 11.1 Å². The third-order valence-corrected chi connectivity index (χ3v) is 4.55. The van der Waals surface area contributed by atoms with E-state index in [4.69, 9.17) is 17.3 Å². The van der Waals surface area contributed by atoms with Gasteiger partial charge in [0.2, 0.25) is 0 Å². The zero-order valence-corrected chi connectivity index (χ0v) is 12.3. The van der Waals surface area contributed by atoms with Crippen molar-refractivity contribution in [2.24, 2.45) is 5.73 Å². The van der Waals surface area contributed by atoms with Crippen molar-refractivity contribution in [3.63, 3.8) is 0 Å². The fourth-order valence-corrected chi connectivity index (χ4v) is 3.33. The summed E-state index contributed by atoms with van der Waals surface area (Å²) in [5.41, 5.74) is 8.31. The minimum Gasteiger partial charge on any atom is -0.344 e. The van der Waals surface area contributed by atoms with Gasteiger partial charge < -0.3 is 11.1 Å². The predicted octanol–water partition coefficient (Wildman–Crippen LogP) is 2.67. The van der Waals surface area contributed by atoms with Gasteiger partial charge >= 0.3 is 0 Å². The van der Waals surface area contributed by atoms with Crippen molar-refractivity contribution in [2.45, 2.75) is 25.4 Å². The third-order valence-electron chi connectivity index (χ3n) is 3.45. The Morgan fingerprint density at radius 1 is 1.55 bits per heavy atom. The fourth-order valence-electron chi connectivity index (χ4n) is 2.48. The Morgan fingerprint density at radius 3 is 3.15 bits per heavy atom. The number of carbonyl (C=O) groups excluding carboxylic acids is 1. The maximum atomic E-state index is 12.2. The molecule has 6 heteroatoms. The molecule has 1 heterocycles. The molecule has 20 heavy (non-hydrogen) atoms. The molecule has 1 aromatic carbocycles. The summed E-state index contributed by atoms with van der Waals surface area (Å²) in [7, 11) is 0. The van der Waals surface area contributed by atoms with E-state index in [-0.39, 0.29) is 11.9 Å². The lowest BCUT2D eigenvalue weighted by atomic mass is 10.1. The number of halogens is 1. The van der Waals surface area contributed by atoms with Gasteiger partial charge in [0.25, 0.3) is 5.91 Å². The average Bonchev–Trinajstić information content (AvgIpc) is 3.05. The molecule has 2 aromatic rings. The number of hydrogen-bond donors (Lipinski definition) is 2. The van der Waals surface area contributed by atoms with E-state index in [0.717, 1.165) is 28.4 Å². The van der Waals surface area contributed by atoms with Gasteiger partial charge in [-0.05, 0) is 36.1 Å². The Balaban J connectivity index is 1.75. The average molecular weight is 308 g/mol. The SMILES string of the molecule is NCc1nc(C(=O)NC2CCc3cc(Cl)ccc32)cs1. The van der Waals surface area contributed by atoms with Gasteiger partial charge in [0.15, 0.2) is 0 Å². The standard InChI is InChI=1S/C14H14ClN3OS/c15-9-2-3-10-8(5-9)1-4-11(10)18-14(19)12-7-20-13(6-16)17-12/h2-3,5,7,11H,1,4,6,16H2,(H,18,19). The number of rotatable bonds is 3. The van der Waals surface area contributed by atoms with E-state index in [9.17, 15) is 4.79 Å². The van der Waals surface area contributed by atoms with Crippen molar-refractivity contribution >= 4 is 28.8 Å². The number of hydrogen-bond acceptors (Lipinski definition) is 4. The minimum atomic E-state index is -0.145. The Labute approximate surface area is 126 Å². The summed E-state index contributed by atoms with van der Waals surface area (Å²) in [5, 5.41) is 6.29. The number of aromatic nitrogens is 1. The molecule has 4 nitrogen and oxygen atoms in total. The quantitative estimate of drug-likeness (QED) is 0.916. The van der Waals surface area contributed by atoms with Crippen molar-refractivity contribution in [2.75, 3.05) is 0 Å². The van der Waals surface area contributed by atoms with Crippen LogP contribution in [0.1, 0.15) is 39.1 Å². The van der Waals surface area contributed by atoms with Gasteiger partial charge in [-0.3, -0.25) is 4.79 Å². The minimum absolute atomic E-state index is 0.0396. The first-order valence-electron chi connectivity index (χ1n) is 6.41. The van der Waals surface area contributed by atoms with Crippen LogP contribution in [0.4, 0.5) is 0 Å². The summed E-state index contributed by atoms with van der Waals surface area (Å²) in [5.74, 6) is -0.145. The highest BCUT2D eigenvalue weighted by atomic mass is 35.5. The number of amides is 1. The molecule has 104 valence electrons. The van der Waals surface area contributed by atoms with Crippen LogP contribution in [0.15, 0.2) is 23.6 Å². The topological polar surface area (TPSA) is 68.0 Å². The van der Waals surface area contributed by atoms with Crippen LogP contribution >= 0.6 is 22.9 Å².